The molecule has 0 saturated carbocycles. The molecule has 0 aliphatic carbocycles. The van der Waals surface area contributed by atoms with E-state index in [1.165, 1.54) is 0 Å². The van der Waals surface area contributed by atoms with Gasteiger partial charge in [0.25, 0.3) is 0 Å². The minimum absolute atomic E-state index is 0.0107. The van der Waals surface area contributed by atoms with Crippen molar-refractivity contribution in [3.05, 3.63) is 0 Å². The fourth-order valence-corrected chi connectivity index (χ4v) is 2.32. The number of alkyl halides is 2. The highest BCUT2D eigenvalue weighted by Crippen LogP contribution is 2.35. The van der Waals surface area contributed by atoms with Gasteiger partial charge in [-0.15, -0.1) is 12.3 Å². The zero-order chi connectivity index (χ0) is 19.4. The van der Waals surface area contributed by atoms with Crippen LogP contribution in [0.25, 0.3) is 0 Å². The molecule has 1 heterocycles. The van der Waals surface area contributed by atoms with E-state index in [1.54, 1.807) is 0 Å². The maximum absolute atomic E-state index is 14.3. The number of aliphatic hydroxyl groups is 4. The summed E-state index contributed by atoms with van der Waals surface area (Å²) in [6.07, 6.45) is -6.94. The van der Waals surface area contributed by atoms with Crippen molar-refractivity contribution in [3.63, 3.8) is 0 Å². The van der Waals surface area contributed by atoms with Crippen LogP contribution in [0.3, 0.4) is 0 Å². The Bertz CT molecular complexity index is 541. The summed E-state index contributed by atoms with van der Waals surface area (Å²) in [7, 11) is 0. The second-order valence-corrected chi connectivity index (χ2v) is 5.46. The molecule has 11 heteroatoms. The molecule has 0 bridgehead atoms. The van der Waals surface area contributed by atoms with Gasteiger partial charge >= 0.3 is 11.8 Å². The minimum Gasteiger partial charge on any atom is -0.477 e. The Kier molecular flexibility index (Phi) is 7.21. The average molecular weight is 367 g/mol. The molecule has 2 unspecified atom stereocenters. The van der Waals surface area contributed by atoms with Crippen LogP contribution in [0.2, 0.25) is 0 Å². The van der Waals surface area contributed by atoms with Gasteiger partial charge in [-0.2, -0.15) is 4.39 Å². The van der Waals surface area contributed by atoms with Gasteiger partial charge in [-0.3, -0.25) is 4.79 Å². The molecular formula is C14H19F2NO8. The number of hydrogen-bond acceptors (Lipinski definition) is 7. The Morgan fingerprint density at radius 2 is 2.00 bits per heavy atom. The third kappa shape index (κ3) is 4.42. The summed E-state index contributed by atoms with van der Waals surface area (Å²) in [6.45, 7) is -1.03. The summed E-state index contributed by atoms with van der Waals surface area (Å²) in [5, 5.41) is 49.0. The summed E-state index contributed by atoms with van der Waals surface area (Å²) in [5.41, 5.74) is 0. The average Bonchev–Trinajstić information content (AvgIpc) is 2.58. The Morgan fingerprint density at radius 1 is 1.40 bits per heavy atom. The van der Waals surface area contributed by atoms with Gasteiger partial charge in [0.1, 0.15) is 24.4 Å². The first-order valence-electron chi connectivity index (χ1n) is 7.22. The van der Waals surface area contributed by atoms with E-state index in [1.807, 2.05) is 0 Å². The monoisotopic (exact) mass is 367 g/mol. The predicted octanol–water partition coefficient (Wildman–Crippen LogP) is -2.55. The number of terminal acetylenes is 1. The van der Waals surface area contributed by atoms with Gasteiger partial charge in [-0.25, -0.2) is 9.18 Å². The second kappa shape index (κ2) is 8.50. The molecule has 9 nitrogen and oxygen atoms in total. The molecule has 0 radical (unpaired) electrons. The van der Waals surface area contributed by atoms with Crippen LogP contribution in [-0.2, 0) is 14.3 Å². The van der Waals surface area contributed by atoms with Gasteiger partial charge in [0, 0.05) is 12.8 Å². The molecule has 1 saturated heterocycles. The van der Waals surface area contributed by atoms with Crippen molar-refractivity contribution in [1.29, 1.82) is 0 Å². The predicted molar refractivity (Wildman–Crippen MR) is 76.3 cm³/mol. The number of aliphatic hydroxyl groups excluding tert-OH is 4. The van der Waals surface area contributed by atoms with Gasteiger partial charge < -0.3 is 35.6 Å². The lowest BCUT2D eigenvalue weighted by atomic mass is 9.88. The van der Waals surface area contributed by atoms with E-state index in [9.17, 15) is 33.7 Å². The number of ether oxygens (including phenoxy) is 1. The van der Waals surface area contributed by atoms with Gasteiger partial charge in [0.05, 0.1) is 12.6 Å². The van der Waals surface area contributed by atoms with Crippen molar-refractivity contribution in [2.45, 2.75) is 55.3 Å². The van der Waals surface area contributed by atoms with Gasteiger partial charge in [0.2, 0.25) is 5.91 Å². The molecule has 0 aromatic rings. The molecule has 142 valence electrons. The molecule has 1 aliphatic rings. The zero-order valence-electron chi connectivity index (χ0n) is 12.9. The van der Waals surface area contributed by atoms with Crippen molar-refractivity contribution < 1.29 is 48.6 Å². The molecular weight excluding hydrogens is 348 g/mol. The van der Waals surface area contributed by atoms with Crippen LogP contribution in [0.1, 0.15) is 12.8 Å². The van der Waals surface area contributed by atoms with Crippen LogP contribution in [-0.4, -0.2) is 86.5 Å². The fourth-order valence-electron chi connectivity index (χ4n) is 2.32. The third-order valence-corrected chi connectivity index (χ3v) is 3.72. The number of carboxylic acids is 1. The molecule has 1 rings (SSSR count). The van der Waals surface area contributed by atoms with E-state index in [2.05, 4.69) is 16.0 Å². The summed E-state index contributed by atoms with van der Waals surface area (Å²) in [6, 6.07) is -1.81. The summed E-state index contributed by atoms with van der Waals surface area (Å²) in [5.74, 6) is -5.09. The van der Waals surface area contributed by atoms with Crippen LogP contribution in [0.15, 0.2) is 0 Å². The molecule has 0 aromatic carbocycles. The maximum atomic E-state index is 14.3. The van der Waals surface area contributed by atoms with E-state index in [0.717, 1.165) is 0 Å². The minimum atomic E-state index is -4.03. The topological polar surface area (TPSA) is 157 Å². The number of hydrogen-bond donors (Lipinski definition) is 6. The lowest BCUT2D eigenvalue weighted by molar-refractivity contribution is -0.293. The van der Waals surface area contributed by atoms with Crippen molar-refractivity contribution in [1.82, 2.24) is 5.32 Å². The molecule has 0 spiro atoms. The first kappa shape index (κ1) is 21.2. The normalized spacial score (nSPS) is 34.6. The molecule has 7 atom stereocenters. The Hall–Kier alpha value is -1.84. The van der Waals surface area contributed by atoms with Crippen LogP contribution in [0, 0.1) is 12.3 Å². The summed E-state index contributed by atoms with van der Waals surface area (Å²) in [4.78, 5) is 22.7. The maximum Gasteiger partial charge on any atom is 0.372 e. The molecule has 1 aliphatic heterocycles. The quantitative estimate of drug-likeness (QED) is 0.269. The standard InChI is InChI=1S/C14H19F2NO8/c1-2-3-4-7(20)17-8-10(22)12(15)14(16,13(23)24)25-11(8)9(21)6(19)5-18/h1,6,8-12,18-19,21-22H,3-5H2,(H,17,20)(H,23,24)/t6-,8-,9-,10+,11?,12?,14-/m1/s1. The van der Waals surface area contributed by atoms with E-state index in [-0.39, 0.29) is 12.8 Å². The first-order chi connectivity index (χ1) is 11.6. The SMILES string of the molecule is C#CCCC(=O)N[C@H]1C([C@H](O)[C@H](O)CO)O[C@@](F)(C(=O)O)C(F)[C@H]1O. The summed E-state index contributed by atoms with van der Waals surface area (Å²) >= 11 is 0. The number of aliphatic carboxylic acids is 1. The number of amides is 1. The van der Waals surface area contributed by atoms with Crippen molar-refractivity contribution in [3.8, 4) is 12.3 Å². The zero-order valence-corrected chi connectivity index (χ0v) is 12.9. The molecule has 0 aromatic heterocycles. The lowest BCUT2D eigenvalue weighted by Gasteiger charge is -2.45. The summed E-state index contributed by atoms with van der Waals surface area (Å²) < 4.78 is 32.8. The van der Waals surface area contributed by atoms with Crippen LogP contribution in [0.5, 0.6) is 0 Å². The second-order valence-electron chi connectivity index (χ2n) is 5.46. The highest BCUT2D eigenvalue weighted by atomic mass is 19.2. The van der Waals surface area contributed by atoms with E-state index >= 15 is 0 Å². The van der Waals surface area contributed by atoms with Crippen LogP contribution >= 0.6 is 0 Å². The number of nitrogens with one attached hydrogen (secondary N) is 1. The van der Waals surface area contributed by atoms with E-state index in [4.69, 9.17) is 16.6 Å². The van der Waals surface area contributed by atoms with Crippen molar-refractivity contribution in [2.24, 2.45) is 0 Å². The first-order valence-corrected chi connectivity index (χ1v) is 7.22. The van der Waals surface area contributed by atoms with Gasteiger partial charge in [-0.1, -0.05) is 0 Å². The van der Waals surface area contributed by atoms with Crippen molar-refractivity contribution >= 4 is 11.9 Å². The van der Waals surface area contributed by atoms with Gasteiger partial charge in [-0.05, 0) is 0 Å². The number of carbonyl (C=O) groups excluding carboxylic acids is 1. The largest absolute Gasteiger partial charge is 0.477 e. The fraction of sp³-hybridized carbons (Fsp3) is 0.714. The van der Waals surface area contributed by atoms with E-state index < -0.39 is 61.0 Å². The number of carboxylic acid groups (broad SMARTS) is 1. The smallest absolute Gasteiger partial charge is 0.372 e. The Balaban J connectivity index is 3.14. The third-order valence-electron chi connectivity index (χ3n) is 3.72. The number of carbonyl (C=O) groups is 2. The number of halogens is 2. The highest BCUT2D eigenvalue weighted by Gasteiger charge is 2.62. The van der Waals surface area contributed by atoms with E-state index in [0.29, 0.717) is 0 Å². The molecule has 1 amide bonds. The van der Waals surface area contributed by atoms with Crippen molar-refractivity contribution in [2.75, 3.05) is 6.61 Å². The van der Waals surface area contributed by atoms with Gasteiger partial charge in [0.15, 0.2) is 6.17 Å². The molecule has 1 fully saturated rings. The molecule has 25 heavy (non-hydrogen) atoms. The lowest BCUT2D eigenvalue weighted by Crippen LogP contribution is -2.71. The Labute approximate surface area is 141 Å². The number of rotatable bonds is 7. The highest BCUT2D eigenvalue weighted by molar-refractivity contribution is 5.78. The molecule has 6 N–H and O–H groups in total. The van der Waals surface area contributed by atoms with Crippen LogP contribution < -0.4 is 5.32 Å². The Morgan fingerprint density at radius 3 is 2.48 bits per heavy atom. The van der Waals surface area contributed by atoms with Crippen LogP contribution in [0.4, 0.5) is 8.78 Å².